The van der Waals surface area contributed by atoms with Crippen LogP contribution in [-0.2, 0) is 0 Å². The van der Waals surface area contributed by atoms with Gasteiger partial charge in [-0.05, 0) is 42.3 Å². The van der Waals surface area contributed by atoms with Crippen LogP contribution in [0.4, 0.5) is 0 Å². The molecule has 2 aromatic carbocycles. The van der Waals surface area contributed by atoms with Crippen LogP contribution >= 0.6 is 11.3 Å². The molecule has 0 saturated heterocycles. The molecule has 1 aromatic heterocycles. The van der Waals surface area contributed by atoms with Crippen molar-refractivity contribution in [3.05, 3.63) is 52.0 Å². The summed E-state index contributed by atoms with van der Waals surface area (Å²) in [5, 5.41) is 21.1. The number of fused-ring (bicyclic) bond motifs is 1. The van der Waals surface area contributed by atoms with E-state index in [4.69, 9.17) is 5.11 Å². The predicted molar refractivity (Wildman–Crippen MR) is 86.2 cm³/mol. The smallest absolute Gasteiger partial charge is 0.347 e. The van der Waals surface area contributed by atoms with Gasteiger partial charge in [-0.1, -0.05) is 18.2 Å². The van der Waals surface area contributed by atoms with E-state index >= 15 is 0 Å². The lowest BCUT2D eigenvalue weighted by Crippen LogP contribution is -1.94. The zero-order valence-electron chi connectivity index (χ0n) is 12.0. The molecule has 0 saturated carbocycles. The maximum absolute atomic E-state index is 11.2. The number of thiazole rings is 1. The molecule has 0 unspecified atom stereocenters. The lowest BCUT2D eigenvalue weighted by Gasteiger charge is -2.06. The highest BCUT2D eigenvalue weighted by Gasteiger charge is 2.16. The highest BCUT2D eigenvalue weighted by molar-refractivity contribution is 7.17. The fraction of sp³-hybridized carbons (Fsp3) is 0.118. The predicted octanol–water partition coefficient (Wildman–Crippen LogP) is 4.15. The second kappa shape index (κ2) is 5.24. The van der Waals surface area contributed by atoms with Gasteiger partial charge in [-0.25, -0.2) is 9.78 Å². The molecule has 1 N–H and O–H groups in total. The Morgan fingerprint density at radius 3 is 2.68 bits per heavy atom. The second-order valence-corrected chi connectivity index (χ2v) is 6.04. The molecule has 3 aromatic rings. The summed E-state index contributed by atoms with van der Waals surface area (Å²) >= 11 is 1.13. The maximum Gasteiger partial charge on any atom is 0.347 e. The fourth-order valence-corrected chi connectivity index (χ4v) is 3.36. The SMILES string of the molecule is Cc1nc(-c2cc(C#N)c3cccc(C)c3c2)sc1C(=O)O. The lowest BCUT2D eigenvalue weighted by atomic mass is 9.98. The third kappa shape index (κ3) is 2.24. The first kappa shape index (κ1) is 14.2. The summed E-state index contributed by atoms with van der Waals surface area (Å²) in [5.74, 6) is -0.973. The number of carbonyl (C=O) groups is 1. The van der Waals surface area contributed by atoms with Crippen LogP contribution in [0.5, 0.6) is 0 Å². The normalized spacial score (nSPS) is 10.6. The molecule has 0 aliphatic rings. The minimum Gasteiger partial charge on any atom is -0.477 e. The molecule has 5 heteroatoms. The zero-order chi connectivity index (χ0) is 15.9. The van der Waals surface area contributed by atoms with Gasteiger partial charge in [0.2, 0.25) is 0 Å². The minimum atomic E-state index is -0.973. The molecule has 22 heavy (non-hydrogen) atoms. The van der Waals surface area contributed by atoms with E-state index in [9.17, 15) is 10.1 Å². The van der Waals surface area contributed by atoms with Crippen molar-refractivity contribution >= 4 is 28.1 Å². The molecule has 0 amide bonds. The summed E-state index contributed by atoms with van der Waals surface area (Å²) in [6, 6.07) is 11.8. The van der Waals surface area contributed by atoms with Gasteiger partial charge in [-0.3, -0.25) is 0 Å². The van der Waals surface area contributed by atoms with Crippen molar-refractivity contribution in [1.29, 1.82) is 5.26 Å². The van der Waals surface area contributed by atoms with Crippen molar-refractivity contribution < 1.29 is 9.90 Å². The summed E-state index contributed by atoms with van der Waals surface area (Å²) in [7, 11) is 0. The number of aryl methyl sites for hydroxylation is 2. The Morgan fingerprint density at radius 2 is 2.05 bits per heavy atom. The van der Waals surface area contributed by atoms with Crippen molar-refractivity contribution in [1.82, 2.24) is 4.98 Å². The van der Waals surface area contributed by atoms with Crippen molar-refractivity contribution in [2.24, 2.45) is 0 Å². The topological polar surface area (TPSA) is 74.0 Å². The standard InChI is InChI=1S/C17H12N2O2S/c1-9-4-3-5-13-12(8-18)6-11(7-14(9)13)16-19-10(2)15(22-16)17(20)21/h3-7H,1-2H3,(H,20,21). The fourth-order valence-electron chi connectivity index (χ4n) is 2.47. The van der Waals surface area contributed by atoms with Crippen molar-refractivity contribution in [3.8, 4) is 16.6 Å². The number of benzene rings is 2. The Hall–Kier alpha value is -2.71. The van der Waals surface area contributed by atoms with Gasteiger partial charge >= 0.3 is 5.97 Å². The highest BCUT2D eigenvalue weighted by atomic mass is 32.1. The average molecular weight is 308 g/mol. The Labute approximate surface area is 131 Å². The number of rotatable bonds is 2. The van der Waals surface area contributed by atoms with E-state index in [1.54, 1.807) is 13.0 Å². The van der Waals surface area contributed by atoms with Gasteiger partial charge in [0.25, 0.3) is 0 Å². The number of carboxylic acids is 1. The maximum atomic E-state index is 11.2. The molecule has 4 nitrogen and oxygen atoms in total. The zero-order valence-corrected chi connectivity index (χ0v) is 12.9. The second-order valence-electron chi connectivity index (χ2n) is 5.04. The molecule has 0 radical (unpaired) electrons. The molecule has 0 fully saturated rings. The number of carboxylic acid groups (broad SMARTS) is 1. The van der Waals surface area contributed by atoms with Crippen LogP contribution in [0.1, 0.15) is 26.5 Å². The molecule has 0 atom stereocenters. The Kier molecular flexibility index (Phi) is 3.39. The molecule has 108 valence electrons. The van der Waals surface area contributed by atoms with E-state index < -0.39 is 5.97 Å². The summed E-state index contributed by atoms with van der Waals surface area (Å²) in [4.78, 5) is 15.8. The number of aromatic nitrogens is 1. The van der Waals surface area contributed by atoms with E-state index in [0.717, 1.165) is 33.2 Å². The van der Waals surface area contributed by atoms with Crippen LogP contribution in [0, 0.1) is 25.2 Å². The number of hydrogen-bond acceptors (Lipinski definition) is 4. The first-order valence-electron chi connectivity index (χ1n) is 6.66. The van der Waals surface area contributed by atoms with Crippen molar-refractivity contribution in [3.63, 3.8) is 0 Å². The van der Waals surface area contributed by atoms with E-state index in [2.05, 4.69) is 11.1 Å². The van der Waals surface area contributed by atoms with Gasteiger partial charge in [0.05, 0.1) is 17.3 Å². The molecule has 0 aliphatic heterocycles. The molecule has 0 bridgehead atoms. The summed E-state index contributed by atoms with van der Waals surface area (Å²) in [6.07, 6.45) is 0. The molecule has 3 rings (SSSR count). The molecule has 0 spiro atoms. The molecular formula is C17H12N2O2S. The largest absolute Gasteiger partial charge is 0.477 e. The Balaban J connectivity index is 2.28. The molecule has 1 heterocycles. The number of hydrogen-bond donors (Lipinski definition) is 1. The van der Waals surface area contributed by atoms with Crippen LogP contribution in [0.2, 0.25) is 0 Å². The monoisotopic (exact) mass is 308 g/mol. The summed E-state index contributed by atoms with van der Waals surface area (Å²) < 4.78 is 0. The average Bonchev–Trinajstić information content (AvgIpc) is 2.89. The van der Waals surface area contributed by atoms with E-state index in [0.29, 0.717) is 16.3 Å². The van der Waals surface area contributed by atoms with Gasteiger partial charge in [-0.15, -0.1) is 11.3 Å². The Bertz CT molecular complexity index is 951. The first-order valence-corrected chi connectivity index (χ1v) is 7.47. The Morgan fingerprint density at radius 1 is 1.27 bits per heavy atom. The lowest BCUT2D eigenvalue weighted by molar-refractivity contribution is 0.0701. The van der Waals surface area contributed by atoms with E-state index in [-0.39, 0.29) is 4.88 Å². The number of nitrogens with zero attached hydrogens (tertiary/aromatic N) is 2. The summed E-state index contributed by atoms with van der Waals surface area (Å²) in [5.41, 5.74) is 2.92. The van der Waals surface area contributed by atoms with Crippen LogP contribution in [0.3, 0.4) is 0 Å². The van der Waals surface area contributed by atoms with E-state index in [1.165, 1.54) is 0 Å². The highest BCUT2D eigenvalue weighted by Crippen LogP contribution is 2.33. The van der Waals surface area contributed by atoms with Gasteiger partial charge in [0.15, 0.2) is 0 Å². The third-order valence-electron chi connectivity index (χ3n) is 3.57. The van der Waals surface area contributed by atoms with Gasteiger partial charge in [0.1, 0.15) is 9.88 Å². The van der Waals surface area contributed by atoms with Gasteiger partial charge in [-0.2, -0.15) is 5.26 Å². The van der Waals surface area contributed by atoms with Gasteiger partial charge in [0, 0.05) is 5.56 Å². The van der Waals surface area contributed by atoms with Crippen LogP contribution in [-0.4, -0.2) is 16.1 Å². The number of aromatic carboxylic acids is 1. The molecular weight excluding hydrogens is 296 g/mol. The van der Waals surface area contributed by atoms with E-state index in [1.807, 2.05) is 31.2 Å². The van der Waals surface area contributed by atoms with Gasteiger partial charge < -0.3 is 5.11 Å². The van der Waals surface area contributed by atoms with Crippen molar-refractivity contribution in [2.75, 3.05) is 0 Å². The summed E-state index contributed by atoms with van der Waals surface area (Å²) in [6.45, 7) is 3.67. The van der Waals surface area contributed by atoms with Crippen LogP contribution < -0.4 is 0 Å². The van der Waals surface area contributed by atoms with Crippen LogP contribution in [0.25, 0.3) is 21.3 Å². The van der Waals surface area contributed by atoms with Crippen molar-refractivity contribution in [2.45, 2.75) is 13.8 Å². The molecule has 0 aliphatic carbocycles. The van der Waals surface area contributed by atoms with Crippen LogP contribution in [0.15, 0.2) is 30.3 Å². The number of nitriles is 1. The minimum absolute atomic E-state index is 0.235. The first-order chi connectivity index (χ1) is 10.5. The quantitative estimate of drug-likeness (QED) is 0.771. The third-order valence-corrected chi connectivity index (χ3v) is 4.77.